The number of rotatable bonds is 2. The zero-order valence-corrected chi connectivity index (χ0v) is 11.6. The van der Waals surface area contributed by atoms with Gasteiger partial charge in [0.25, 0.3) is 0 Å². The second-order valence-electron chi connectivity index (χ2n) is 4.43. The molecule has 4 nitrogen and oxygen atoms in total. The molecule has 0 spiro atoms. The first-order valence-corrected chi connectivity index (χ1v) is 6.81. The summed E-state index contributed by atoms with van der Waals surface area (Å²) in [6.07, 6.45) is 0. The van der Waals surface area contributed by atoms with E-state index >= 15 is 0 Å². The number of hydrazine groups is 1. The number of benzene rings is 1. The van der Waals surface area contributed by atoms with Crippen LogP contribution in [0.3, 0.4) is 0 Å². The number of fused-ring (bicyclic) bond motifs is 1. The van der Waals surface area contributed by atoms with Gasteiger partial charge in [0.05, 0.1) is 5.39 Å². The Hall–Kier alpha value is -1.98. The number of hydrogen-bond acceptors (Lipinski definition) is 5. The van der Waals surface area contributed by atoms with Crippen molar-refractivity contribution in [2.24, 2.45) is 5.84 Å². The zero-order valence-electron chi connectivity index (χ0n) is 10.8. The molecule has 0 saturated heterocycles. The van der Waals surface area contributed by atoms with Gasteiger partial charge in [-0.05, 0) is 25.5 Å². The Labute approximate surface area is 115 Å². The molecule has 0 fully saturated rings. The Kier molecular flexibility index (Phi) is 2.93. The predicted molar refractivity (Wildman–Crippen MR) is 80.1 cm³/mol. The summed E-state index contributed by atoms with van der Waals surface area (Å²) in [5, 5.41) is 0.974. The normalized spacial score (nSPS) is 10.9. The topological polar surface area (TPSA) is 63.8 Å². The molecule has 2 aromatic heterocycles. The van der Waals surface area contributed by atoms with Crippen LogP contribution in [0.5, 0.6) is 0 Å². The van der Waals surface area contributed by atoms with Gasteiger partial charge < -0.3 is 5.43 Å². The lowest BCUT2D eigenvalue weighted by Gasteiger charge is -2.07. The molecule has 0 amide bonds. The molecule has 3 N–H and O–H groups in total. The van der Waals surface area contributed by atoms with Crippen LogP contribution in [0.1, 0.15) is 10.4 Å². The van der Waals surface area contributed by atoms with E-state index in [1.165, 1.54) is 4.88 Å². The smallest absolute Gasteiger partial charge is 0.163 e. The number of thiophene rings is 1. The molecule has 0 atom stereocenters. The maximum absolute atomic E-state index is 5.57. The van der Waals surface area contributed by atoms with Crippen LogP contribution in [0.4, 0.5) is 5.82 Å². The lowest BCUT2D eigenvalue weighted by Crippen LogP contribution is -2.09. The highest BCUT2D eigenvalue weighted by Crippen LogP contribution is 2.31. The largest absolute Gasteiger partial charge is 0.308 e. The van der Waals surface area contributed by atoms with Crippen LogP contribution in [-0.4, -0.2) is 9.97 Å². The molecule has 0 aliphatic carbocycles. The van der Waals surface area contributed by atoms with Crippen LogP contribution in [0, 0.1) is 13.8 Å². The van der Waals surface area contributed by atoms with E-state index < -0.39 is 0 Å². The quantitative estimate of drug-likeness (QED) is 0.554. The molecule has 5 heteroatoms. The molecule has 0 radical (unpaired) electrons. The fraction of sp³-hybridized carbons (Fsp3) is 0.143. The molecule has 0 unspecified atom stereocenters. The Morgan fingerprint density at radius 1 is 1.16 bits per heavy atom. The highest BCUT2D eigenvalue weighted by Gasteiger charge is 2.12. The van der Waals surface area contributed by atoms with Crippen molar-refractivity contribution >= 4 is 27.4 Å². The number of nitrogens with zero attached hydrogens (tertiary/aromatic N) is 2. The summed E-state index contributed by atoms with van der Waals surface area (Å²) in [6, 6.07) is 10.1. The summed E-state index contributed by atoms with van der Waals surface area (Å²) in [5.41, 5.74) is 4.85. The standard InChI is InChI=1S/C14H14N4S/c1-8-5-3-4-6-10(8)12-16-13(18-15)11-7-9(2)19-14(11)17-12/h3-7H,15H2,1-2H3,(H,16,17,18). The van der Waals surface area contributed by atoms with Gasteiger partial charge in [0.15, 0.2) is 11.6 Å². The predicted octanol–water partition coefficient (Wildman–Crippen LogP) is 3.26. The molecule has 3 aromatic rings. The first-order chi connectivity index (χ1) is 9.19. The van der Waals surface area contributed by atoms with Crippen LogP contribution < -0.4 is 11.3 Å². The van der Waals surface area contributed by atoms with Crippen LogP contribution in [-0.2, 0) is 0 Å². The minimum atomic E-state index is 0.674. The van der Waals surface area contributed by atoms with E-state index in [-0.39, 0.29) is 0 Å². The third-order valence-electron chi connectivity index (χ3n) is 3.04. The maximum Gasteiger partial charge on any atom is 0.163 e. The van der Waals surface area contributed by atoms with E-state index in [1.54, 1.807) is 11.3 Å². The van der Waals surface area contributed by atoms with Crippen molar-refractivity contribution in [3.05, 3.63) is 40.8 Å². The summed E-state index contributed by atoms with van der Waals surface area (Å²) < 4.78 is 0. The van der Waals surface area contributed by atoms with Gasteiger partial charge in [-0.3, -0.25) is 0 Å². The van der Waals surface area contributed by atoms with Gasteiger partial charge in [0.1, 0.15) is 4.83 Å². The number of nitrogens with two attached hydrogens (primary N) is 1. The van der Waals surface area contributed by atoms with Gasteiger partial charge in [-0.15, -0.1) is 11.3 Å². The summed E-state index contributed by atoms with van der Waals surface area (Å²) in [5.74, 6) is 6.96. The zero-order chi connectivity index (χ0) is 13.4. The molecule has 19 heavy (non-hydrogen) atoms. The van der Waals surface area contributed by atoms with Gasteiger partial charge in [-0.25, -0.2) is 15.8 Å². The van der Waals surface area contributed by atoms with E-state index in [0.717, 1.165) is 21.3 Å². The average molecular weight is 270 g/mol. The lowest BCUT2D eigenvalue weighted by molar-refractivity contribution is 1.19. The number of aromatic nitrogens is 2. The number of nitrogen functional groups attached to an aromatic ring is 1. The number of hydrogen-bond donors (Lipinski definition) is 2. The Morgan fingerprint density at radius 2 is 1.95 bits per heavy atom. The fourth-order valence-electron chi connectivity index (χ4n) is 2.10. The van der Waals surface area contributed by atoms with Crippen molar-refractivity contribution in [1.29, 1.82) is 0 Å². The molecule has 3 rings (SSSR count). The molecule has 0 saturated carbocycles. The molecular formula is C14H14N4S. The van der Waals surface area contributed by atoms with Crippen LogP contribution in [0.2, 0.25) is 0 Å². The Morgan fingerprint density at radius 3 is 2.68 bits per heavy atom. The van der Waals surface area contributed by atoms with Crippen molar-refractivity contribution in [2.45, 2.75) is 13.8 Å². The number of anilines is 1. The first kappa shape index (κ1) is 12.1. The van der Waals surface area contributed by atoms with Crippen molar-refractivity contribution in [1.82, 2.24) is 9.97 Å². The number of nitrogens with one attached hydrogen (secondary N) is 1. The SMILES string of the molecule is Cc1cc2c(NN)nc(-c3ccccc3C)nc2s1. The van der Waals surface area contributed by atoms with Gasteiger partial charge in [0, 0.05) is 10.4 Å². The Balaban J connectivity index is 2.28. The third kappa shape index (κ3) is 2.07. The summed E-state index contributed by atoms with van der Waals surface area (Å²) in [4.78, 5) is 11.3. The van der Waals surface area contributed by atoms with Crippen molar-refractivity contribution in [3.8, 4) is 11.4 Å². The maximum atomic E-state index is 5.57. The van der Waals surface area contributed by atoms with Crippen LogP contribution in [0.25, 0.3) is 21.6 Å². The monoisotopic (exact) mass is 270 g/mol. The van der Waals surface area contributed by atoms with Gasteiger partial charge in [-0.1, -0.05) is 24.3 Å². The summed E-state index contributed by atoms with van der Waals surface area (Å²) in [6.45, 7) is 4.11. The summed E-state index contributed by atoms with van der Waals surface area (Å²) in [7, 11) is 0. The second kappa shape index (κ2) is 4.60. The van der Waals surface area contributed by atoms with Crippen molar-refractivity contribution in [2.75, 3.05) is 5.43 Å². The van der Waals surface area contributed by atoms with E-state index in [4.69, 9.17) is 5.84 Å². The van der Waals surface area contributed by atoms with Crippen molar-refractivity contribution < 1.29 is 0 Å². The molecule has 2 heterocycles. The minimum absolute atomic E-state index is 0.674. The highest BCUT2D eigenvalue weighted by molar-refractivity contribution is 7.18. The molecule has 1 aromatic carbocycles. The van der Waals surface area contributed by atoms with Gasteiger partial charge in [-0.2, -0.15) is 0 Å². The second-order valence-corrected chi connectivity index (χ2v) is 5.67. The highest BCUT2D eigenvalue weighted by atomic mass is 32.1. The van der Waals surface area contributed by atoms with E-state index in [2.05, 4.69) is 41.4 Å². The molecular weight excluding hydrogens is 256 g/mol. The van der Waals surface area contributed by atoms with Crippen LogP contribution >= 0.6 is 11.3 Å². The molecule has 96 valence electrons. The third-order valence-corrected chi connectivity index (χ3v) is 3.98. The van der Waals surface area contributed by atoms with Crippen molar-refractivity contribution in [3.63, 3.8) is 0 Å². The lowest BCUT2D eigenvalue weighted by atomic mass is 10.1. The first-order valence-electron chi connectivity index (χ1n) is 6.00. The minimum Gasteiger partial charge on any atom is -0.308 e. The average Bonchev–Trinajstić information content (AvgIpc) is 2.78. The molecule has 0 bridgehead atoms. The van der Waals surface area contributed by atoms with E-state index in [9.17, 15) is 0 Å². The van der Waals surface area contributed by atoms with Gasteiger partial charge in [0.2, 0.25) is 0 Å². The number of aryl methyl sites for hydroxylation is 2. The Bertz CT molecular complexity index is 748. The fourth-order valence-corrected chi connectivity index (χ4v) is 2.98. The molecule has 0 aliphatic heterocycles. The van der Waals surface area contributed by atoms with Gasteiger partial charge >= 0.3 is 0 Å². The van der Waals surface area contributed by atoms with E-state index in [0.29, 0.717) is 11.6 Å². The summed E-state index contributed by atoms with van der Waals surface area (Å²) >= 11 is 1.65. The molecule has 0 aliphatic rings. The van der Waals surface area contributed by atoms with E-state index in [1.807, 2.05) is 18.2 Å². The van der Waals surface area contributed by atoms with Crippen LogP contribution in [0.15, 0.2) is 30.3 Å².